The molecule has 26 heavy (non-hydrogen) atoms. The van der Waals surface area contributed by atoms with Gasteiger partial charge in [-0.25, -0.2) is 0 Å². The molecule has 1 fully saturated rings. The van der Waals surface area contributed by atoms with Crippen molar-refractivity contribution in [3.8, 4) is 11.4 Å². The molecule has 4 rings (SSSR count). The van der Waals surface area contributed by atoms with Crippen molar-refractivity contribution in [1.82, 2.24) is 20.6 Å². The number of carbonyl (C=O) groups is 1. The largest absolute Gasteiger partial charge is 0.370 e. The zero-order valence-electron chi connectivity index (χ0n) is 14.4. The summed E-state index contributed by atoms with van der Waals surface area (Å²) in [6.45, 7) is 2.07. The highest BCUT2D eigenvalue weighted by Gasteiger charge is 2.16. The topological polar surface area (TPSA) is 86.8 Å². The average Bonchev–Trinajstić information content (AvgIpc) is 3.24. The van der Waals surface area contributed by atoms with E-state index in [9.17, 15) is 4.79 Å². The summed E-state index contributed by atoms with van der Waals surface area (Å²) in [6.07, 6.45) is 3.66. The minimum atomic E-state index is -0.130. The van der Waals surface area contributed by atoms with E-state index in [1.807, 2.05) is 30.3 Å². The van der Waals surface area contributed by atoms with Gasteiger partial charge in [0.05, 0.1) is 11.4 Å². The maximum Gasteiger partial charge on any atom is 0.255 e. The van der Waals surface area contributed by atoms with Crippen LogP contribution in [-0.2, 0) is 0 Å². The third-order valence-corrected chi connectivity index (χ3v) is 4.60. The van der Waals surface area contributed by atoms with Gasteiger partial charge in [0.1, 0.15) is 0 Å². The molecule has 0 saturated carbocycles. The van der Waals surface area contributed by atoms with Gasteiger partial charge in [0.25, 0.3) is 5.91 Å². The predicted octanol–water partition coefficient (Wildman–Crippen LogP) is 3.11. The van der Waals surface area contributed by atoms with E-state index in [-0.39, 0.29) is 5.91 Å². The van der Waals surface area contributed by atoms with Gasteiger partial charge < -0.3 is 10.2 Å². The van der Waals surface area contributed by atoms with Crippen molar-refractivity contribution in [2.45, 2.75) is 19.3 Å². The molecule has 1 saturated heterocycles. The van der Waals surface area contributed by atoms with Crippen molar-refractivity contribution in [2.24, 2.45) is 0 Å². The van der Waals surface area contributed by atoms with Crippen LogP contribution in [0, 0.1) is 0 Å². The molecule has 1 aliphatic rings. The molecule has 2 aromatic carbocycles. The van der Waals surface area contributed by atoms with Crippen LogP contribution in [0.1, 0.15) is 29.6 Å². The number of aromatic amines is 1. The first-order valence-electron chi connectivity index (χ1n) is 8.80. The van der Waals surface area contributed by atoms with Gasteiger partial charge in [-0.15, -0.1) is 10.2 Å². The summed E-state index contributed by atoms with van der Waals surface area (Å²) >= 11 is 0. The molecule has 2 N–H and O–H groups in total. The molecule has 1 amide bonds. The molecule has 1 aromatic heterocycles. The number of hydrogen-bond acceptors (Lipinski definition) is 5. The molecule has 0 atom stereocenters. The van der Waals surface area contributed by atoms with Gasteiger partial charge >= 0.3 is 0 Å². The molecule has 1 aliphatic heterocycles. The first kappa shape index (κ1) is 16.3. The Morgan fingerprint density at radius 3 is 2.50 bits per heavy atom. The summed E-state index contributed by atoms with van der Waals surface area (Å²) in [7, 11) is 0. The molecule has 7 nitrogen and oxygen atoms in total. The van der Waals surface area contributed by atoms with Crippen LogP contribution in [0.25, 0.3) is 11.4 Å². The van der Waals surface area contributed by atoms with E-state index in [0.717, 1.165) is 30.0 Å². The number of aromatic nitrogens is 4. The van der Waals surface area contributed by atoms with Crippen LogP contribution in [0.15, 0.2) is 48.5 Å². The van der Waals surface area contributed by atoms with Crippen LogP contribution >= 0.6 is 0 Å². The molecular formula is C19H20N6O. The van der Waals surface area contributed by atoms with Crippen LogP contribution in [0.5, 0.6) is 0 Å². The van der Waals surface area contributed by atoms with E-state index in [4.69, 9.17) is 0 Å². The lowest BCUT2D eigenvalue weighted by atomic mass is 10.1. The Labute approximate surface area is 151 Å². The number of nitrogens with one attached hydrogen (secondary N) is 2. The Hall–Kier alpha value is -3.22. The molecule has 2 heterocycles. The lowest BCUT2D eigenvalue weighted by Gasteiger charge is -2.30. The molecule has 0 spiro atoms. The average molecular weight is 348 g/mol. The van der Waals surface area contributed by atoms with Gasteiger partial charge in [-0.3, -0.25) is 4.79 Å². The molecule has 132 valence electrons. The van der Waals surface area contributed by atoms with Crippen LogP contribution in [0.4, 0.5) is 11.4 Å². The molecule has 0 radical (unpaired) electrons. The van der Waals surface area contributed by atoms with E-state index in [1.54, 1.807) is 12.1 Å². The third-order valence-electron chi connectivity index (χ3n) is 4.60. The predicted molar refractivity (Wildman–Crippen MR) is 100 cm³/mol. The number of carbonyl (C=O) groups excluding carboxylic acids is 1. The van der Waals surface area contributed by atoms with Gasteiger partial charge in [-0.1, -0.05) is 24.3 Å². The fourth-order valence-electron chi connectivity index (χ4n) is 3.24. The second-order valence-electron chi connectivity index (χ2n) is 6.33. The van der Waals surface area contributed by atoms with E-state index in [0.29, 0.717) is 11.4 Å². The second-order valence-corrected chi connectivity index (χ2v) is 6.33. The fraction of sp³-hybridized carbons (Fsp3) is 0.263. The maximum atomic E-state index is 12.7. The summed E-state index contributed by atoms with van der Waals surface area (Å²) in [5.74, 6) is 0.376. The quantitative estimate of drug-likeness (QED) is 0.756. The van der Waals surface area contributed by atoms with Crippen LogP contribution in [-0.4, -0.2) is 39.6 Å². The number of benzene rings is 2. The van der Waals surface area contributed by atoms with Crippen molar-refractivity contribution in [3.63, 3.8) is 0 Å². The van der Waals surface area contributed by atoms with Crippen molar-refractivity contribution in [2.75, 3.05) is 23.3 Å². The zero-order chi connectivity index (χ0) is 17.8. The zero-order valence-corrected chi connectivity index (χ0v) is 14.4. The number of nitrogens with zero attached hydrogens (tertiary/aromatic N) is 4. The van der Waals surface area contributed by atoms with Crippen molar-refractivity contribution in [1.29, 1.82) is 0 Å². The Bertz CT molecular complexity index is 869. The number of piperidine rings is 1. The standard InChI is InChI=1S/C19H20N6O/c26-19(15-10-8-14(9-11-15)18-21-23-24-22-18)20-16-6-2-3-7-17(16)25-12-4-1-5-13-25/h2-3,6-11H,1,4-5,12-13H2,(H,20,26)(H,21,22,23,24). The Kier molecular flexibility index (Phi) is 4.59. The lowest BCUT2D eigenvalue weighted by Crippen LogP contribution is -2.30. The molecule has 0 bridgehead atoms. The van der Waals surface area contributed by atoms with Crippen LogP contribution < -0.4 is 10.2 Å². The van der Waals surface area contributed by atoms with E-state index < -0.39 is 0 Å². The Morgan fingerprint density at radius 2 is 1.77 bits per heavy atom. The summed E-state index contributed by atoms with van der Waals surface area (Å²) < 4.78 is 0. The molecule has 3 aromatic rings. The molecule has 0 aliphatic carbocycles. The summed E-state index contributed by atoms with van der Waals surface area (Å²) in [5, 5.41) is 16.9. The minimum absolute atomic E-state index is 0.130. The first-order chi connectivity index (χ1) is 12.8. The minimum Gasteiger partial charge on any atom is -0.370 e. The van der Waals surface area contributed by atoms with Gasteiger partial charge in [-0.2, -0.15) is 5.21 Å². The monoisotopic (exact) mass is 348 g/mol. The fourth-order valence-corrected chi connectivity index (χ4v) is 3.24. The summed E-state index contributed by atoms with van der Waals surface area (Å²) in [6, 6.07) is 15.2. The number of tetrazole rings is 1. The smallest absolute Gasteiger partial charge is 0.255 e. The van der Waals surface area contributed by atoms with Gasteiger partial charge in [-0.05, 0) is 48.7 Å². The number of para-hydroxylation sites is 2. The molecule has 0 unspecified atom stereocenters. The van der Waals surface area contributed by atoms with Gasteiger partial charge in [0.15, 0.2) is 0 Å². The molecule has 7 heteroatoms. The first-order valence-corrected chi connectivity index (χ1v) is 8.80. The number of hydrogen-bond donors (Lipinski definition) is 2. The Balaban J connectivity index is 1.51. The normalized spacial score (nSPS) is 14.2. The SMILES string of the molecule is O=C(Nc1ccccc1N1CCCCC1)c1ccc(-c2nn[nH]n2)cc1. The number of amides is 1. The number of H-pyrrole nitrogens is 1. The van der Waals surface area contributed by atoms with Crippen LogP contribution in [0.2, 0.25) is 0 Å². The van der Waals surface area contributed by atoms with E-state index in [1.165, 1.54) is 19.3 Å². The van der Waals surface area contributed by atoms with E-state index in [2.05, 4.69) is 36.9 Å². The Morgan fingerprint density at radius 1 is 1.00 bits per heavy atom. The highest BCUT2D eigenvalue weighted by molar-refractivity contribution is 6.06. The van der Waals surface area contributed by atoms with Gasteiger partial charge in [0, 0.05) is 24.2 Å². The molecular weight excluding hydrogens is 328 g/mol. The number of rotatable bonds is 4. The summed E-state index contributed by atoms with van der Waals surface area (Å²) in [4.78, 5) is 15.0. The van der Waals surface area contributed by atoms with E-state index >= 15 is 0 Å². The maximum absolute atomic E-state index is 12.7. The number of anilines is 2. The lowest BCUT2D eigenvalue weighted by molar-refractivity contribution is 0.102. The summed E-state index contributed by atoms with van der Waals surface area (Å²) in [5.41, 5.74) is 3.33. The second kappa shape index (κ2) is 7.35. The van der Waals surface area contributed by atoms with Gasteiger partial charge in [0.2, 0.25) is 5.82 Å². The third kappa shape index (κ3) is 3.42. The highest BCUT2D eigenvalue weighted by atomic mass is 16.1. The highest BCUT2D eigenvalue weighted by Crippen LogP contribution is 2.28. The van der Waals surface area contributed by atoms with Crippen LogP contribution in [0.3, 0.4) is 0 Å². The van der Waals surface area contributed by atoms with Crippen molar-refractivity contribution in [3.05, 3.63) is 54.1 Å². The van der Waals surface area contributed by atoms with Crippen molar-refractivity contribution >= 4 is 17.3 Å². The van der Waals surface area contributed by atoms with Crippen molar-refractivity contribution < 1.29 is 4.79 Å².